The minimum atomic E-state index is -0.228. The molecule has 1 aromatic heterocycles. The Balaban J connectivity index is 1.52. The molecular weight excluding hydrogens is 228 g/mol. The number of rotatable bonds is 3. The fourth-order valence-electron chi connectivity index (χ4n) is 2.66. The summed E-state index contributed by atoms with van der Waals surface area (Å²) >= 11 is 0. The van der Waals surface area contributed by atoms with Crippen LogP contribution in [0, 0.1) is 0 Å². The molecule has 2 fully saturated rings. The smallest absolute Gasteiger partial charge is 0.185 e. The monoisotopic (exact) mass is 248 g/mol. The highest BCUT2D eigenvalue weighted by atomic mass is 16.7. The minimum absolute atomic E-state index is 0.202. The molecule has 0 unspecified atom stereocenters. The molecule has 0 N–H and O–H groups in total. The van der Waals surface area contributed by atoms with Gasteiger partial charge in [0.05, 0.1) is 12.7 Å². The first-order valence-corrected chi connectivity index (χ1v) is 6.81. The predicted molar refractivity (Wildman–Crippen MR) is 68.1 cm³/mol. The zero-order chi connectivity index (χ0) is 12.2. The van der Waals surface area contributed by atoms with Crippen LogP contribution >= 0.6 is 0 Å². The quantitative estimate of drug-likeness (QED) is 0.819. The average Bonchev–Trinajstić information content (AvgIpc) is 2.89. The molecule has 0 saturated carbocycles. The van der Waals surface area contributed by atoms with Crippen molar-refractivity contribution in [2.24, 2.45) is 0 Å². The second kappa shape index (κ2) is 5.78. The van der Waals surface area contributed by atoms with Gasteiger partial charge in [-0.2, -0.15) is 0 Å². The maximum Gasteiger partial charge on any atom is 0.185 e. The molecule has 0 aliphatic carbocycles. The number of likely N-dealkylation sites (tertiary alicyclic amines) is 1. The van der Waals surface area contributed by atoms with Crippen LogP contribution in [0.1, 0.15) is 31.1 Å². The summed E-state index contributed by atoms with van der Waals surface area (Å²) in [5, 5.41) is 0. The molecule has 0 amide bonds. The van der Waals surface area contributed by atoms with Crippen molar-refractivity contribution in [3.05, 3.63) is 30.1 Å². The standard InChI is InChI=1S/C14H20N2O2/c1-2-7-16(8-3-1)10-13-11-17-14(18-13)12-5-4-6-15-9-12/h4-6,9,13-14H,1-3,7-8,10-11H2/t13-,14-/m0/s1. The molecule has 0 radical (unpaired) electrons. The molecule has 0 bridgehead atoms. The van der Waals surface area contributed by atoms with Gasteiger partial charge in [-0.3, -0.25) is 4.98 Å². The van der Waals surface area contributed by atoms with Crippen molar-refractivity contribution in [2.45, 2.75) is 31.7 Å². The Kier molecular flexibility index (Phi) is 3.88. The van der Waals surface area contributed by atoms with E-state index in [1.807, 2.05) is 18.3 Å². The Morgan fingerprint density at radius 3 is 2.94 bits per heavy atom. The first-order valence-electron chi connectivity index (χ1n) is 6.81. The van der Waals surface area contributed by atoms with Crippen molar-refractivity contribution in [3.8, 4) is 0 Å². The highest BCUT2D eigenvalue weighted by Crippen LogP contribution is 2.26. The largest absolute Gasteiger partial charge is 0.346 e. The molecule has 2 atom stereocenters. The van der Waals surface area contributed by atoms with Gasteiger partial charge in [-0.1, -0.05) is 12.5 Å². The van der Waals surface area contributed by atoms with Crippen LogP contribution in [0.25, 0.3) is 0 Å². The van der Waals surface area contributed by atoms with Crippen molar-refractivity contribution >= 4 is 0 Å². The van der Waals surface area contributed by atoms with Gasteiger partial charge >= 0.3 is 0 Å². The van der Waals surface area contributed by atoms with Gasteiger partial charge in [0.25, 0.3) is 0 Å². The van der Waals surface area contributed by atoms with Gasteiger partial charge in [0.15, 0.2) is 6.29 Å². The van der Waals surface area contributed by atoms with E-state index in [1.54, 1.807) is 6.20 Å². The van der Waals surface area contributed by atoms with Crippen LogP contribution in [0.3, 0.4) is 0 Å². The van der Waals surface area contributed by atoms with Gasteiger partial charge in [-0.25, -0.2) is 0 Å². The van der Waals surface area contributed by atoms with Crippen LogP contribution in [0.2, 0.25) is 0 Å². The van der Waals surface area contributed by atoms with E-state index in [4.69, 9.17) is 9.47 Å². The number of pyridine rings is 1. The van der Waals surface area contributed by atoms with Crippen LogP contribution in [-0.4, -0.2) is 42.2 Å². The molecule has 4 heteroatoms. The van der Waals surface area contributed by atoms with Crippen molar-refractivity contribution in [3.63, 3.8) is 0 Å². The lowest BCUT2D eigenvalue weighted by Gasteiger charge is -2.28. The Hall–Kier alpha value is -0.970. The first-order chi connectivity index (χ1) is 8.92. The zero-order valence-electron chi connectivity index (χ0n) is 10.6. The Morgan fingerprint density at radius 1 is 1.28 bits per heavy atom. The fraction of sp³-hybridized carbons (Fsp3) is 0.643. The van der Waals surface area contributed by atoms with Crippen molar-refractivity contribution in [1.82, 2.24) is 9.88 Å². The third-order valence-electron chi connectivity index (χ3n) is 3.62. The van der Waals surface area contributed by atoms with Crippen LogP contribution in [0.5, 0.6) is 0 Å². The molecular formula is C14H20N2O2. The Labute approximate surface area is 108 Å². The number of nitrogens with zero attached hydrogens (tertiary/aromatic N) is 2. The fourth-order valence-corrected chi connectivity index (χ4v) is 2.66. The van der Waals surface area contributed by atoms with E-state index in [0.29, 0.717) is 6.61 Å². The number of hydrogen-bond donors (Lipinski definition) is 0. The molecule has 0 aromatic carbocycles. The molecule has 3 rings (SSSR count). The molecule has 0 spiro atoms. The molecule has 4 nitrogen and oxygen atoms in total. The summed E-state index contributed by atoms with van der Waals surface area (Å²) in [4.78, 5) is 6.59. The maximum absolute atomic E-state index is 5.95. The summed E-state index contributed by atoms with van der Waals surface area (Å²) in [5.41, 5.74) is 1.01. The molecule has 2 aliphatic rings. The summed E-state index contributed by atoms with van der Waals surface area (Å²) in [6.45, 7) is 4.10. The SMILES string of the molecule is c1cncc([C@H]2OC[C@H](CN3CCCCC3)O2)c1. The van der Waals surface area contributed by atoms with Gasteiger partial charge in [0, 0.05) is 24.5 Å². The van der Waals surface area contributed by atoms with E-state index < -0.39 is 0 Å². The predicted octanol–water partition coefficient (Wildman–Crippen LogP) is 1.98. The summed E-state index contributed by atoms with van der Waals surface area (Å²) in [6.07, 6.45) is 7.56. The highest BCUT2D eigenvalue weighted by molar-refractivity contribution is 5.10. The van der Waals surface area contributed by atoms with Crippen molar-refractivity contribution < 1.29 is 9.47 Å². The van der Waals surface area contributed by atoms with Crippen molar-refractivity contribution in [1.29, 1.82) is 0 Å². The van der Waals surface area contributed by atoms with Crippen LogP contribution in [0.15, 0.2) is 24.5 Å². The molecule has 98 valence electrons. The van der Waals surface area contributed by atoms with E-state index in [9.17, 15) is 0 Å². The second-order valence-electron chi connectivity index (χ2n) is 5.07. The van der Waals surface area contributed by atoms with E-state index in [-0.39, 0.29) is 12.4 Å². The highest BCUT2D eigenvalue weighted by Gasteiger charge is 2.29. The van der Waals surface area contributed by atoms with Gasteiger partial charge < -0.3 is 14.4 Å². The topological polar surface area (TPSA) is 34.6 Å². The van der Waals surface area contributed by atoms with Gasteiger partial charge in [-0.05, 0) is 32.0 Å². The molecule has 18 heavy (non-hydrogen) atoms. The number of ether oxygens (including phenoxy) is 2. The van der Waals surface area contributed by atoms with E-state index in [0.717, 1.165) is 12.1 Å². The van der Waals surface area contributed by atoms with Gasteiger partial charge in [0.2, 0.25) is 0 Å². The minimum Gasteiger partial charge on any atom is -0.346 e. The van der Waals surface area contributed by atoms with Gasteiger partial charge in [0.1, 0.15) is 0 Å². The van der Waals surface area contributed by atoms with Crippen molar-refractivity contribution in [2.75, 3.05) is 26.2 Å². The molecule has 1 aromatic rings. The van der Waals surface area contributed by atoms with E-state index in [2.05, 4.69) is 9.88 Å². The average molecular weight is 248 g/mol. The molecule has 2 saturated heterocycles. The molecule has 3 heterocycles. The normalized spacial score (nSPS) is 29.6. The van der Waals surface area contributed by atoms with Crippen LogP contribution in [0.4, 0.5) is 0 Å². The zero-order valence-corrected chi connectivity index (χ0v) is 10.6. The first kappa shape index (κ1) is 12.1. The number of hydrogen-bond acceptors (Lipinski definition) is 4. The van der Waals surface area contributed by atoms with Gasteiger partial charge in [-0.15, -0.1) is 0 Å². The van der Waals surface area contributed by atoms with E-state index >= 15 is 0 Å². The lowest BCUT2D eigenvalue weighted by atomic mass is 10.1. The molecule has 2 aliphatic heterocycles. The summed E-state index contributed by atoms with van der Waals surface area (Å²) in [7, 11) is 0. The number of aromatic nitrogens is 1. The summed E-state index contributed by atoms with van der Waals surface area (Å²) in [6, 6.07) is 3.92. The Morgan fingerprint density at radius 2 is 2.17 bits per heavy atom. The summed E-state index contributed by atoms with van der Waals surface area (Å²) < 4.78 is 11.7. The third-order valence-corrected chi connectivity index (χ3v) is 3.62. The lowest BCUT2D eigenvalue weighted by molar-refractivity contribution is -0.0650. The Bertz CT molecular complexity index is 365. The lowest BCUT2D eigenvalue weighted by Crippen LogP contribution is -2.37. The number of piperidine rings is 1. The van der Waals surface area contributed by atoms with Crippen LogP contribution in [-0.2, 0) is 9.47 Å². The summed E-state index contributed by atoms with van der Waals surface area (Å²) in [5.74, 6) is 0. The second-order valence-corrected chi connectivity index (χ2v) is 5.07. The van der Waals surface area contributed by atoms with Crippen LogP contribution < -0.4 is 0 Å². The maximum atomic E-state index is 5.95. The third kappa shape index (κ3) is 2.88. The van der Waals surface area contributed by atoms with E-state index in [1.165, 1.54) is 32.4 Å².